The van der Waals surface area contributed by atoms with Gasteiger partial charge in [-0.25, -0.2) is 8.42 Å². The van der Waals surface area contributed by atoms with Gasteiger partial charge in [0, 0.05) is 21.9 Å². The van der Waals surface area contributed by atoms with Crippen LogP contribution in [-0.2, 0) is 14.6 Å². The Morgan fingerprint density at radius 2 is 2.08 bits per heavy atom. The summed E-state index contributed by atoms with van der Waals surface area (Å²) in [4.78, 5) is 18.4. The number of anilines is 1. The number of benzene rings is 1. The number of amides is 1. The molecule has 2 unspecified atom stereocenters. The molecule has 5 nitrogen and oxygen atoms in total. The zero-order chi connectivity index (χ0) is 17.1. The van der Waals surface area contributed by atoms with Crippen molar-refractivity contribution in [2.45, 2.75) is 31.1 Å². The van der Waals surface area contributed by atoms with Crippen molar-refractivity contribution in [1.29, 1.82) is 0 Å². The molecule has 3 fully saturated rings. The maximum atomic E-state index is 12.2. The Kier molecular flexibility index (Phi) is 3.93. The second-order valence-corrected chi connectivity index (χ2v) is 10.4. The lowest BCUT2D eigenvalue weighted by Gasteiger charge is -2.26. The summed E-state index contributed by atoms with van der Waals surface area (Å²) >= 11 is 7.56. The van der Waals surface area contributed by atoms with Gasteiger partial charge in [0.15, 0.2) is 15.0 Å². The fourth-order valence-corrected chi connectivity index (χ4v) is 7.28. The van der Waals surface area contributed by atoms with Gasteiger partial charge in [0.1, 0.15) is 0 Å². The van der Waals surface area contributed by atoms with Crippen molar-refractivity contribution in [3.05, 3.63) is 28.8 Å². The minimum absolute atomic E-state index is 0.0459. The number of carbonyl (C=O) groups is 1. The maximum Gasteiger partial charge on any atom is 0.251 e. The number of halogens is 1. The Labute approximate surface area is 150 Å². The van der Waals surface area contributed by atoms with Crippen molar-refractivity contribution in [1.82, 2.24) is 0 Å². The largest absolute Gasteiger partial charge is 0.315 e. The van der Waals surface area contributed by atoms with E-state index in [2.05, 4.69) is 4.99 Å². The summed E-state index contributed by atoms with van der Waals surface area (Å²) in [5.74, 6) is 0.178. The molecule has 3 aliphatic rings. The third kappa shape index (κ3) is 2.97. The third-order valence-electron chi connectivity index (χ3n) is 4.63. The highest BCUT2D eigenvalue weighted by atomic mass is 35.5. The van der Waals surface area contributed by atoms with Gasteiger partial charge in [0.05, 0.1) is 17.5 Å². The maximum absolute atomic E-state index is 12.2. The average Bonchev–Trinajstić information content (AvgIpc) is 3.23. The molecule has 24 heavy (non-hydrogen) atoms. The van der Waals surface area contributed by atoms with Gasteiger partial charge in [-0.3, -0.25) is 4.79 Å². The van der Waals surface area contributed by atoms with E-state index in [1.54, 1.807) is 6.07 Å². The van der Waals surface area contributed by atoms with Gasteiger partial charge in [0.25, 0.3) is 5.91 Å². The number of rotatable bonds is 2. The number of hydrogen-bond acceptors (Lipinski definition) is 4. The summed E-state index contributed by atoms with van der Waals surface area (Å²) in [6.07, 6.45) is 1.80. The molecule has 1 saturated carbocycles. The van der Waals surface area contributed by atoms with E-state index in [1.807, 2.05) is 24.0 Å². The van der Waals surface area contributed by atoms with Crippen molar-refractivity contribution < 1.29 is 13.2 Å². The number of aliphatic imine (C=N–C) groups is 1. The fraction of sp³-hybridized carbons (Fsp3) is 0.500. The first-order chi connectivity index (χ1) is 11.3. The molecule has 1 aliphatic carbocycles. The molecule has 2 heterocycles. The van der Waals surface area contributed by atoms with E-state index >= 15 is 0 Å². The van der Waals surface area contributed by atoms with Crippen molar-refractivity contribution in [3.63, 3.8) is 0 Å². The number of hydrogen-bond donors (Lipinski definition) is 0. The summed E-state index contributed by atoms with van der Waals surface area (Å²) in [6, 6.07) is 5.34. The molecule has 0 N–H and O–H groups in total. The molecule has 2 atom stereocenters. The Balaban J connectivity index is 1.77. The fourth-order valence-electron chi connectivity index (χ4n) is 3.20. The summed E-state index contributed by atoms with van der Waals surface area (Å²) in [5, 5.41) is 1.11. The van der Waals surface area contributed by atoms with E-state index in [4.69, 9.17) is 11.6 Å². The molecule has 0 aromatic heterocycles. The molecule has 8 heteroatoms. The lowest BCUT2D eigenvalue weighted by atomic mass is 10.1. The molecule has 1 aromatic rings. The summed E-state index contributed by atoms with van der Waals surface area (Å²) in [6.45, 7) is 1.95. The standard InChI is InChI=1S/C16H17ClN2O3S2/c1-9-2-5-11(17)6-12(9)19-13-7-24(21,22)8-14(13)23-16(19)18-15(20)10-3-4-10/h2,5-6,10,13-14H,3-4,7-8H2,1H3. The van der Waals surface area contributed by atoms with E-state index in [0.717, 1.165) is 24.1 Å². The van der Waals surface area contributed by atoms with Crippen LogP contribution in [0, 0.1) is 12.8 Å². The first-order valence-electron chi connectivity index (χ1n) is 7.89. The van der Waals surface area contributed by atoms with Gasteiger partial charge in [-0.2, -0.15) is 4.99 Å². The number of amidine groups is 1. The van der Waals surface area contributed by atoms with Crippen LogP contribution in [0.15, 0.2) is 23.2 Å². The zero-order valence-electron chi connectivity index (χ0n) is 13.1. The van der Waals surface area contributed by atoms with Gasteiger partial charge >= 0.3 is 0 Å². The third-order valence-corrected chi connectivity index (χ3v) is 8.07. The van der Waals surface area contributed by atoms with Gasteiger partial charge in [-0.05, 0) is 37.5 Å². The highest BCUT2D eigenvalue weighted by Crippen LogP contribution is 2.43. The molecule has 0 spiro atoms. The van der Waals surface area contributed by atoms with E-state index in [9.17, 15) is 13.2 Å². The van der Waals surface area contributed by atoms with Crippen LogP contribution in [0.2, 0.25) is 5.02 Å². The van der Waals surface area contributed by atoms with Crippen LogP contribution < -0.4 is 4.90 Å². The molecule has 128 valence electrons. The predicted molar refractivity (Wildman–Crippen MR) is 97.7 cm³/mol. The van der Waals surface area contributed by atoms with Gasteiger partial charge in [0.2, 0.25) is 0 Å². The predicted octanol–water partition coefficient (Wildman–Crippen LogP) is 2.66. The summed E-state index contributed by atoms with van der Waals surface area (Å²) < 4.78 is 24.1. The number of thioether (sulfide) groups is 1. The van der Waals surface area contributed by atoms with Crippen molar-refractivity contribution in [2.24, 2.45) is 10.9 Å². The number of aryl methyl sites for hydroxylation is 1. The highest BCUT2D eigenvalue weighted by Gasteiger charge is 2.50. The molecule has 1 amide bonds. The molecular weight excluding hydrogens is 368 g/mol. The van der Waals surface area contributed by atoms with Gasteiger partial charge in [-0.15, -0.1) is 0 Å². The van der Waals surface area contributed by atoms with Crippen LogP contribution in [0.25, 0.3) is 0 Å². The van der Waals surface area contributed by atoms with E-state index in [0.29, 0.717) is 10.2 Å². The Bertz CT molecular complexity index is 849. The van der Waals surface area contributed by atoms with Crippen LogP contribution >= 0.6 is 23.4 Å². The first kappa shape index (κ1) is 16.4. The SMILES string of the molecule is Cc1ccc(Cl)cc1N1C(=NC(=O)C2CC2)SC2CS(=O)(=O)CC21. The molecule has 4 rings (SSSR count). The monoisotopic (exact) mass is 384 g/mol. The second-order valence-electron chi connectivity index (χ2n) is 6.61. The molecule has 1 aromatic carbocycles. The highest BCUT2D eigenvalue weighted by molar-refractivity contribution is 8.16. The zero-order valence-corrected chi connectivity index (χ0v) is 15.5. The summed E-state index contributed by atoms with van der Waals surface area (Å²) in [7, 11) is -3.06. The smallest absolute Gasteiger partial charge is 0.251 e. The van der Waals surface area contributed by atoms with Crippen molar-refractivity contribution in [2.75, 3.05) is 16.4 Å². The van der Waals surface area contributed by atoms with Crippen molar-refractivity contribution in [3.8, 4) is 0 Å². The van der Waals surface area contributed by atoms with Crippen molar-refractivity contribution >= 4 is 50.0 Å². The van der Waals surface area contributed by atoms with E-state index < -0.39 is 9.84 Å². The molecule has 0 radical (unpaired) electrons. The van der Waals surface area contributed by atoms with Crippen LogP contribution in [0.1, 0.15) is 18.4 Å². The second kappa shape index (κ2) is 5.75. The van der Waals surface area contributed by atoms with Gasteiger partial charge in [-0.1, -0.05) is 29.4 Å². The molecule has 0 bridgehead atoms. The first-order valence-corrected chi connectivity index (χ1v) is 11.0. The number of nitrogens with zero attached hydrogens (tertiary/aromatic N) is 2. The molecule has 2 aliphatic heterocycles. The quantitative estimate of drug-likeness (QED) is 0.784. The Morgan fingerprint density at radius 1 is 1.33 bits per heavy atom. The number of carbonyl (C=O) groups excluding carboxylic acids is 1. The summed E-state index contributed by atoms with van der Waals surface area (Å²) in [5.41, 5.74) is 1.82. The Hall–Kier alpha value is -1.05. The minimum Gasteiger partial charge on any atom is -0.315 e. The number of sulfone groups is 1. The molecular formula is C16H17ClN2O3S2. The van der Waals surface area contributed by atoms with Gasteiger partial charge < -0.3 is 4.90 Å². The topological polar surface area (TPSA) is 66.8 Å². The molecule has 2 saturated heterocycles. The lowest BCUT2D eigenvalue weighted by molar-refractivity contribution is -0.118. The van der Waals surface area contributed by atoms with Crippen LogP contribution in [0.4, 0.5) is 5.69 Å². The van der Waals surface area contributed by atoms with Crippen LogP contribution in [0.3, 0.4) is 0 Å². The average molecular weight is 385 g/mol. The van der Waals surface area contributed by atoms with E-state index in [1.165, 1.54) is 11.8 Å². The minimum atomic E-state index is -3.06. The van der Waals surface area contributed by atoms with Crippen LogP contribution in [-0.4, -0.2) is 42.3 Å². The van der Waals surface area contributed by atoms with E-state index in [-0.39, 0.29) is 34.6 Å². The number of fused-ring (bicyclic) bond motifs is 1. The van der Waals surface area contributed by atoms with Crippen LogP contribution in [0.5, 0.6) is 0 Å². The lowest BCUT2D eigenvalue weighted by Crippen LogP contribution is -2.38. The normalized spacial score (nSPS) is 29.9. The Morgan fingerprint density at radius 3 is 2.79 bits per heavy atom.